The molecule has 0 N–H and O–H groups in total. The number of rotatable bonds is 9. The Balaban J connectivity index is 4.64. The maximum absolute atomic E-state index is 11.8. The van der Waals surface area contributed by atoms with Gasteiger partial charge in [-0.05, 0) is 34.1 Å². The maximum atomic E-state index is 11.8. The average Bonchev–Trinajstić information content (AvgIpc) is 2.41. The molecular weight excluding hydrogens is 288 g/mol. The second-order valence-electron chi connectivity index (χ2n) is 6.94. The van der Waals surface area contributed by atoms with Gasteiger partial charge in [0.05, 0.1) is 11.3 Å². The lowest BCUT2D eigenvalue weighted by atomic mass is 9.98. The Labute approximate surface area is 133 Å². The molecular formula is C16H30O6. The Morgan fingerprint density at radius 2 is 1.50 bits per heavy atom. The summed E-state index contributed by atoms with van der Waals surface area (Å²) in [6.07, 6.45) is 3.21. The third-order valence-electron chi connectivity index (χ3n) is 2.91. The van der Waals surface area contributed by atoms with Crippen molar-refractivity contribution in [1.29, 1.82) is 0 Å². The van der Waals surface area contributed by atoms with Crippen LogP contribution in [0.5, 0.6) is 0 Å². The molecule has 22 heavy (non-hydrogen) atoms. The van der Waals surface area contributed by atoms with E-state index in [9.17, 15) is 9.59 Å². The molecule has 6 nitrogen and oxygen atoms in total. The standard InChI is InChI=1S/C16H30O6/c1-8-9-10-11-16(7,21-19-13(17)12(2)3)22-20-14(18)15(4,5)6/h12H,8-11H2,1-7H3. The van der Waals surface area contributed by atoms with Crippen molar-refractivity contribution in [2.45, 2.75) is 79.9 Å². The van der Waals surface area contributed by atoms with Crippen LogP contribution in [0.15, 0.2) is 0 Å². The summed E-state index contributed by atoms with van der Waals surface area (Å²) in [5, 5.41) is 0. The summed E-state index contributed by atoms with van der Waals surface area (Å²) in [5.41, 5.74) is -0.695. The van der Waals surface area contributed by atoms with Crippen molar-refractivity contribution in [3.63, 3.8) is 0 Å². The highest BCUT2D eigenvalue weighted by Gasteiger charge is 2.35. The van der Waals surface area contributed by atoms with Gasteiger partial charge in [0, 0.05) is 6.42 Å². The lowest BCUT2D eigenvalue weighted by Gasteiger charge is -2.27. The topological polar surface area (TPSA) is 71.1 Å². The van der Waals surface area contributed by atoms with E-state index >= 15 is 0 Å². The molecule has 0 aliphatic rings. The molecule has 0 aromatic carbocycles. The van der Waals surface area contributed by atoms with Crippen LogP contribution < -0.4 is 0 Å². The molecule has 6 heteroatoms. The van der Waals surface area contributed by atoms with Crippen LogP contribution in [-0.4, -0.2) is 17.7 Å². The van der Waals surface area contributed by atoms with Crippen LogP contribution in [0.2, 0.25) is 0 Å². The quantitative estimate of drug-likeness (QED) is 0.277. The van der Waals surface area contributed by atoms with E-state index in [2.05, 4.69) is 6.92 Å². The molecule has 0 saturated heterocycles. The summed E-state index contributed by atoms with van der Waals surface area (Å²) in [6, 6.07) is 0. The van der Waals surface area contributed by atoms with Crippen molar-refractivity contribution in [1.82, 2.24) is 0 Å². The molecule has 130 valence electrons. The van der Waals surface area contributed by atoms with Crippen LogP contribution >= 0.6 is 0 Å². The molecule has 1 unspecified atom stereocenters. The highest BCUT2D eigenvalue weighted by atomic mass is 17.3. The Kier molecular flexibility index (Phi) is 8.63. The van der Waals surface area contributed by atoms with Crippen LogP contribution in [-0.2, 0) is 29.1 Å². The molecule has 0 heterocycles. The summed E-state index contributed by atoms with van der Waals surface area (Å²) in [5.74, 6) is -2.67. The Morgan fingerprint density at radius 1 is 0.955 bits per heavy atom. The summed E-state index contributed by atoms with van der Waals surface area (Å²) < 4.78 is 0. The number of carbonyl (C=O) groups is 2. The van der Waals surface area contributed by atoms with Gasteiger partial charge < -0.3 is 0 Å². The normalized spacial score (nSPS) is 14.5. The predicted molar refractivity (Wildman–Crippen MR) is 81.2 cm³/mol. The van der Waals surface area contributed by atoms with E-state index in [4.69, 9.17) is 19.6 Å². The summed E-state index contributed by atoms with van der Waals surface area (Å²) >= 11 is 0. The lowest BCUT2D eigenvalue weighted by molar-refractivity contribution is -0.479. The van der Waals surface area contributed by atoms with Crippen LogP contribution in [0.4, 0.5) is 0 Å². The van der Waals surface area contributed by atoms with Gasteiger partial charge in [-0.3, -0.25) is 9.78 Å². The van der Waals surface area contributed by atoms with Gasteiger partial charge >= 0.3 is 11.9 Å². The molecule has 0 fully saturated rings. The van der Waals surface area contributed by atoms with E-state index in [0.717, 1.165) is 19.3 Å². The first-order valence-electron chi connectivity index (χ1n) is 7.81. The van der Waals surface area contributed by atoms with Gasteiger partial charge in [0.1, 0.15) is 0 Å². The van der Waals surface area contributed by atoms with Crippen molar-refractivity contribution in [3.05, 3.63) is 0 Å². The first kappa shape index (κ1) is 20.9. The molecule has 0 aliphatic heterocycles. The molecule has 0 aromatic rings. The van der Waals surface area contributed by atoms with Gasteiger partial charge in [-0.25, -0.2) is 9.59 Å². The molecule has 0 aliphatic carbocycles. The SMILES string of the molecule is CCCCCC(C)(OOC(=O)C(C)C)OOC(=O)C(C)(C)C. The third kappa shape index (κ3) is 8.34. The highest BCUT2D eigenvalue weighted by molar-refractivity contribution is 5.74. The van der Waals surface area contributed by atoms with E-state index in [-0.39, 0.29) is 5.92 Å². The van der Waals surface area contributed by atoms with Gasteiger partial charge in [-0.1, -0.05) is 33.6 Å². The third-order valence-corrected chi connectivity index (χ3v) is 2.91. The number of hydrogen-bond donors (Lipinski definition) is 0. The van der Waals surface area contributed by atoms with E-state index < -0.39 is 23.1 Å². The van der Waals surface area contributed by atoms with Crippen molar-refractivity contribution in [3.8, 4) is 0 Å². The minimum absolute atomic E-state index is 0.322. The zero-order valence-electron chi connectivity index (χ0n) is 14.9. The largest absolute Gasteiger partial charge is 0.347 e. The zero-order chi connectivity index (χ0) is 17.4. The second kappa shape index (κ2) is 9.10. The maximum Gasteiger partial charge on any atom is 0.347 e. The first-order valence-corrected chi connectivity index (χ1v) is 7.81. The molecule has 0 amide bonds. The van der Waals surface area contributed by atoms with Gasteiger partial charge in [0.25, 0.3) is 5.79 Å². The van der Waals surface area contributed by atoms with Gasteiger partial charge in [-0.2, -0.15) is 0 Å². The second-order valence-corrected chi connectivity index (χ2v) is 6.94. The molecule has 0 radical (unpaired) electrons. The van der Waals surface area contributed by atoms with Crippen LogP contribution in [0, 0.1) is 11.3 Å². The van der Waals surface area contributed by atoms with Gasteiger partial charge in [-0.15, -0.1) is 9.78 Å². The molecule has 0 spiro atoms. The highest BCUT2D eigenvalue weighted by Crippen LogP contribution is 2.25. The van der Waals surface area contributed by atoms with E-state index in [1.165, 1.54) is 0 Å². The fourth-order valence-corrected chi connectivity index (χ4v) is 1.27. The minimum Gasteiger partial charge on any atom is -0.295 e. The molecule has 0 saturated carbocycles. The van der Waals surface area contributed by atoms with E-state index in [1.807, 2.05) is 0 Å². The fraction of sp³-hybridized carbons (Fsp3) is 0.875. The minimum atomic E-state index is -1.32. The number of hydrogen-bond acceptors (Lipinski definition) is 6. The Morgan fingerprint density at radius 3 is 1.95 bits per heavy atom. The number of carbonyl (C=O) groups excluding carboxylic acids is 2. The molecule has 0 aromatic heterocycles. The van der Waals surface area contributed by atoms with Crippen molar-refractivity contribution in [2.75, 3.05) is 0 Å². The molecule has 0 rings (SSSR count). The van der Waals surface area contributed by atoms with Crippen molar-refractivity contribution >= 4 is 11.9 Å². The molecule has 1 atom stereocenters. The average molecular weight is 318 g/mol. The summed E-state index contributed by atoms with van der Waals surface area (Å²) in [7, 11) is 0. The zero-order valence-corrected chi connectivity index (χ0v) is 14.9. The number of unbranched alkanes of at least 4 members (excludes halogenated alkanes) is 2. The fourth-order valence-electron chi connectivity index (χ4n) is 1.27. The monoisotopic (exact) mass is 318 g/mol. The molecule has 0 bridgehead atoms. The van der Waals surface area contributed by atoms with E-state index in [1.54, 1.807) is 41.5 Å². The summed E-state index contributed by atoms with van der Waals surface area (Å²) in [6.45, 7) is 12.2. The Bertz CT molecular complexity index is 358. The Hall–Kier alpha value is -1.14. The van der Waals surface area contributed by atoms with Crippen LogP contribution in [0.1, 0.15) is 74.1 Å². The predicted octanol–water partition coefficient (Wildman–Crippen LogP) is 3.93. The van der Waals surface area contributed by atoms with E-state index in [0.29, 0.717) is 6.42 Å². The smallest absolute Gasteiger partial charge is 0.295 e. The van der Waals surface area contributed by atoms with Crippen LogP contribution in [0.3, 0.4) is 0 Å². The first-order chi connectivity index (χ1) is 10.0. The van der Waals surface area contributed by atoms with Crippen LogP contribution in [0.25, 0.3) is 0 Å². The van der Waals surface area contributed by atoms with Gasteiger partial charge in [0.15, 0.2) is 0 Å². The summed E-state index contributed by atoms with van der Waals surface area (Å²) in [4.78, 5) is 43.1. The van der Waals surface area contributed by atoms with Crippen molar-refractivity contribution in [2.24, 2.45) is 11.3 Å². The van der Waals surface area contributed by atoms with Crippen molar-refractivity contribution < 1.29 is 29.1 Å². The van der Waals surface area contributed by atoms with Gasteiger partial charge in [0.2, 0.25) is 0 Å². The lowest BCUT2D eigenvalue weighted by Crippen LogP contribution is -2.37.